The first-order valence-electron chi connectivity index (χ1n) is 12.3. The molecular weight excluding hydrogens is 492 g/mol. The van der Waals surface area contributed by atoms with Gasteiger partial charge in [0.25, 0.3) is 5.91 Å². The fourth-order valence-electron chi connectivity index (χ4n) is 4.22. The molecule has 1 aliphatic heterocycles. The fourth-order valence-corrected chi connectivity index (χ4v) is 6.16. The van der Waals surface area contributed by atoms with E-state index in [1.807, 2.05) is 32.0 Å². The summed E-state index contributed by atoms with van der Waals surface area (Å²) in [6.07, 6.45) is 9.34. The van der Waals surface area contributed by atoms with E-state index < -0.39 is 20.5 Å². The van der Waals surface area contributed by atoms with Crippen LogP contribution in [-0.4, -0.2) is 43.4 Å². The molecule has 1 aliphatic carbocycles. The zero-order valence-corrected chi connectivity index (χ0v) is 22.0. The molecule has 9 heteroatoms. The van der Waals surface area contributed by atoms with Crippen LogP contribution in [0.2, 0.25) is 0 Å². The van der Waals surface area contributed by atoms with Crippen LogP contribution >= 0.6 is 0 Å². The van der Waals surface area contributed by atoms with Crippen LogP contribution in [0, 0.1) is 6.92 Å². The molecule has 2 aromatic carbocycles. The molecule has 1 heterocycles. The van der Waals surface area contributed by atoms with E-state index in [1.165, 1.54) is 23.2 Å². The highest BCUT2D eigenvalue weighted by atomic mass is 32.2. The summed E-state index contributed by atoms with van der Waals surface area (Å²) in [6.45, 7) is 4.03. The van der Waals surface area contributed by atoms with Gasteiger partial charge in [-0.2, -0.15) is 0 Å². The van der Waals surface area contributed by atoms with Gasteiger partial charge in [-0.3, -0.25) is 14.8 Å². The molecular formula is C28H34N2O6S. The van der Waals surface area contributed by atoms with Gasteiger partial charge in [-0.1, -0.05) is 55.0 Å². The normalized spacial score (nSPS) is 16.6. The number of allylic oxidation sites excluding steroid dienone is 4. The Morgan fingerprint density at radius 3 is 2.35 bits per heavy atom. The molecule has 198 valence electrons. The van der Waals surface area contributed by atoms with Gasteiger partial charge in [0.1, 0.15) is 0 Å². The number of hydrogen-bond donors (Lipinski definition) is 3. The molecule has 37 heavy (non-hydrogen) atoms. The maximum Gasteiger partial charge on any atom is 0.265 e. The number of amides is 2. The molecule has 4 rings (SSSR count). The average molecular weight is 527 g/mol. The van der Waals surface area contributed by atoms with Crippen LogP contribution < -0.4 is 10.8 Å². The lowest BCUT2D eigenvalue weighted by atomic mass is 9.98. The number of aryl methyl sites for hydroxylation is 1. The summed E-state index contributed by atoms with van der Waals surface area (Å²) in [5.41, 5.74) is 5.69. The third kappa shape index (κ3) is 6.74. The van der Waals surface area contributed by atoms with E-state index in [4.69, 9.17) is 9.94 Å². The molecule has 0 bridgehead atoms. The largest absolute Gasteiger partial charge is 0.381 e. The number of nitrogens with one attached hydrogen (secondary N) is 2. The maximum absolute atomic E-state index is 12.8. The lowest BCUT2D eigenvalue weighted by molar-refractivity contribution is -0.134. The molecule has 0 spiro atoms. The number of anilines is 1. The van der Waals surface area contributed by atoms with Gasteiger partial charge in [-0.05, 0) is 68.0 Å². The number of carbonyl (C=O) groups excluding carboxylic acids is 2. The Morgan fingerprint density at radius 1 is 1.05 bits per heavy atom. The van der Waals surface area contributed by atoms with Gasteiger partial charge in [0.2, 0.25) is 5.91 Å². The first kappa shape index (κ1) is 28.3. The van der Waals surface area contributed by atoms with Crippen molar-refractivity contribution in [3.63, 3.8) is 0 Å². The zero-order chi connectivity index (χ0) is 26.9. The SMILES string of the molecule is CCC(=O)Nc1cccc(C2=CCCC=C2)c1.Cc1ccc(S(=O)(=O)C2(C(=O)NO)CCOCC2)cc1. The third-order valence-corrected chi connectivity index (χ3v) is 8.97. The molecule has 1 saturated heterocycles. The van der Waals surface area contributed by atoms with Crippen LogP contribution in [-0.2, 0) is 24.2 Å². The number of hydroxylamine groups is 1. The van der Waals surface area contributed by atoms with E-state index >= 15 is 0 Å². The lowest BCUT2D eigenvalue weighted by Gasteiger charge is -2.34. The summed E-state index contributed by atoms with van der Waals surface area (Å²) in [7, 11) is -3.90. The van der Waals surface area contributed by atoms with Crippen molar-refractivity contribution < 1.29 is 28.0 Å². The minimum Gasteiger partial charge on any atom is -0.381 e. The van der Waals surface area contributed by atoms with Crippen LogP contribution in [0.4, 0.5) is 5.69 Å². The van der Waals surface area contributed by atoms with Crippen molar-refractivity contribution in [3.05, 3.63) is 77.9 Å². The summed E-state index contributed by atoms with van der Waals surface area (Å²) < 4.78 is 29.1. The first-order valence-corrected chi connectivity index (χ1v) is 13.8. The van der Waals surface area contributed by atoms with Crippen LogP contribution in [0.1, 0.15) is 50.2 Å². The molecule has 8 nitrogen and oxygen atoms in total. The quantitative estimate of drug-likeness (QED) is 0.374. The van der Waals surface area contributed by atoms with Crippen molar-refractivity contribution in [3.8, 4) is 0 Å². The lowest BCUT2D eigenvalue weighted by Crippen LogP contribution is -2.54. The van der Waals surface area contributed by atoms with Gasteiger partial charge < -0.3 is 10.1 Å². The third-order valence-electron chi connectivity index (χ3n) is 6.46. The van der Waals surface area contributed by atoms with E-state index in [0.29, 0.717) is 6.42 Å². The highest BCUT2D eigenvalue weighted by Crippen LogP contribution is 2.35. The molecule has 2 amide bonds. The van der Waals surface area contributed by atoms with Crippen LogP contribution in [0.15, 0.2) is 71.7 Å². The number of rotatable bonds is 6. The Hall–Kier alpha value is -3.27. The van der Waals surface area contributed by atoms with Gasteiger partial charge >= 0.3 is 0 Å². The Morgan fingerprint density at radius 2 is 1.76 bits per heavy atom. The van der Waals surface area contributed by atoms with Crippen molar-refractivity contribution >= 4 is 32.9 Å². The Bertz CT molecular complexity index is 1260. The highest BCUT2D eigenvalue weighted by Gasteiger charge is 2.52. The topological polar surface area (TPSA) is 122 Å². The Balaban J connectivity index is 0.000000208. The Labute approximate surface area is 218 Å². The maximum atomic E-state index is 12.8. The summed E-state index contributed by atoms with van der Waals surface area (Å²) in [5.74, 6) is -0.850. The Kier molecular flexibility index (Phi) is 9.79. The summed E-state index contributed by atoms with van der Waals surface area (Å²) in [6, 6.07) is 14.3. The first-order chi connectivity index (χ1) is 17.7. The number of sulfone groups is 1. The zero-order valence-electron chi connectivity index (χ0n) is 21.2. The van der Waals surface area contributed by atoms with Crippen LogP contribution in [0.5, 0.6) is 0 Å². The molecule has 0 atom stereocenters. The monoisotopic (exact) mass is 526 g/mol. The predicted molar refractivity (Wildman–Crippen MR) is 143 cm³/mol. The minimum atomic E-state index is -3.90. The molecule has 3 N–H and O–H groups in total. The highest BCUT2D eigenvalue weighted by molar-refractivity contribution is 7.93. The molecule has 2 aliphatic rings. The van der Waals surface area contributed by atoms with Crippen molar-refractivity contribution in [2.45, 2.75) is 55.6 Å². The van der Waals surface area contributed by atoms with E-state index in [1.54, 1.807) is 12.1 Å². The van der Waals surface area contributed by atoms with E-state index in [0.717, 1.165) is 29.7 Å². The fraction of sp³-hybridized carbons (Fsp3) is 0.357. The standard InChI is InChI=1S/C15H17NO.C13H17NO5S/c1-2-15(17)16-14-10-6-9-13(11-14)12-7-4-3-5-8-12;1-10-2-4-11(5-3-10)20(17,18)13(12(15)14-16)6-8-19-9-7-13/h4,6-11H,2-3,5H2,1H3,(H,16,17);2-5,16H,6-9H2,1H3,(H,14,15). The molecule has 0 unspecified atom stereocenters. The average Bonchev–Trinajstić information content (AvgIpc) is 2.94. The molecule has 2 aromatic rings. The van der Waals surface area contributed by atoms with Crippen molar-refractivity contribution in [1.82, 2.24) is 5.48 Å². The van der Waals surface area contributed by atoms with E-state index in [2.05, 4.69) is 29.6 Å². The molecule has 0 saturated carbocycles. The molecule has 0 aromatic heterocycles. The number of benzene rings is 2. The van der Waals surface area contributed by atoms with Gasteiger partial charge in [-0.25, -0.2) is 13.9 Å². The number of hydrogen-bond acceptors (Lipinski definition) is 6. The summed E-state index contributed by atoms with van der Waals surface area (Å²) in [5, 5.41) is 11.8. The van der Waals surface area contributed by atoms with Gasteiger partial charge in [0.05, 0.1) is 4.90 Å². The second kappa shape index (κ2) is 12.8. The second-order valence-corrected chi connectivity index (χ2v) is 11.2. The molecule has 0 radical (unpaired) electrons. The van der Waals surface area contributed by atoms with Crippen molar-refractivity contribution in [2.24, 2.45) is 0 Å². The van der Waals surface area contributed by atoms with Crippen molar-refractivity contribution in [2.75, 3.05) is 18.5 Å². The van der Waals surface area contributed by atoms with Gasteiger partial charge in [0.15, 0.2) is 14.6 Å². The predicted octanol–water partition coefficient (Wildman–Crippen LogP) is 4.59. The minimum absolute atomic E-state index is 0.0234. The smallest absolute Gasteiger partial charge is 0.265 e. The summed E-state index contributed by atoms with van der Waals surface area (Å²) in [4.78, 5) is 23.4. The summed E-state index contributed by atoms with van der Waals surface area (Å²) >= 11 is 0. The van der Waals surface area contributed by atoms with Gasteiger partial charge in [-0.15, -0.1) is 0 Å². The number of carbonyl (C=O) groups is 2. The number of ether oxygens (including phenoxy) is 1. The van der Waals surface area contributed by atoms with Gasteiger partial charge in [0, 0.05) is 25.3 Å². The molecule has 1 fully saturated rings. The van der Waals surface area contributed by atoms with Crippen molar-refractivity contribution in [1.29, 1.82) is 0 Å². The van der Waals surface area contributed by atoms with E-state index in [-0.39, 0.29) is 36.9 Å². The van der Waals surface area contributed by atoms with E-state index in [9.17, 15) is 18.0 Å². The van der Waals surface area contributed by atoms with Crippen LogP contribution in [0.3, 0.4) is 0 Å². The second-order valence-electron chi connectivity index (χ2n) is 8.99. The van der Waals surface area contributed by atoms with Crippen LogP contribution in [0.25, 0.3) is 5.57 Å².